The number of fused-ring (bicyclic) bond motifs is 1. The van der Waals surface area contributed by atoms with Crippen LogP contribution < -0.4 is 0 Å². The van der Waals surface area contributed by atoms with E-state index in [4.69, 9.17) is 5.11 Å². The Bertz CT molecular complexity index is 620. The molecular weight excluding hydrogens is 260 g/mol. The molecule has 3 rings (SSSR count). The third-order valence-electron chi connectivity index (χ3n) is 3.50. The van der Waals surface area contributed by atoms with E-state index in [0.29, 0.717) is 0 Å². The van der Waals surface area contributed by atoms with Gasteiger partial charge in [0, 0.05) is 11.1 Å². The lowest BCUT2D eigenvalue weighted by Crippen LogP contribution is -2.11. The van der Waals surface area contributed by atoms with Gasteiger partial charge in [0.2, 0.25) is 0 Å². The number of benzene rings is 1. The lowest BCUT2D eigenvalue weighted by atomic mass is 10.1. The van der Waals surface area contributed by atoms with Crippen LogP contribution in [0, 0.1) is 5.41 Å². The zero-order chi connectivity index (χ0) is 13.3. The second-order valence-electron chi connectivity index (χ2n) is 5.06. The molecule has 4 nitrogen and oxygen atoms in total. The Morgan fingerprint density at radius 1 is 1.32 bits per heavy atom. The van der Waals surface area contributed by atoms with Crippen molar-refractivity contribution in [3.63, 3.8) is 0 Å². The van der Waals surface area contributed by atoms with Crippen LogP contribution in [-0.4, -0.2) is 26.8 Å². The Morgan fingerprint density at radius 2 is 2.11 bits per heavy atom. The molecule has 1 fully saturated rings. The van der Waals surface area contributed by atoms with Crippen molar-refractivity contribution in [1.82, 2.24) is 9.97 Å². The molecule has 0 saturated heterocycles. The second kappa shape index (κ2) is 4.81. The van der Waals surface area contributed by atoms with Crippen LogP contribution in [-0.2, 0) is 4.79 Å². The first kappa shape index (κ1) is 12.4. The Kier molecular flexibility index (Phi) is 3.14. The summed E-state index contributed by atoms with van der Waals surface area (Å²) in [6, 6.07) is 7.90. The van der Waals surface area contributed by atoms with E-state index in [0.717, 1.165) is 34.5 Å². The standard InChI is InChI=1S/C14H14N2O2S/c17-12(18)7-14(5-6-14)8-19-13-10-3-1-2-4-11(10)15-9-16-13/h1-4,9H,5-8H2,(H,17,18). The lowest BCUT2D eigenvalue weighted by molar-refractivity contribution is -0.138. The molecule has 0 unspecified atom stereocenters. The number of nitrogens with zero attached hydrogens (tertiary/aromatic N) is 2. The molecule has 0 radical (unpaired) electrons. The summed E-state index contributed by atoms with van der Waals surface area (Å²) >= 11 is 1.65. The monoisotopic (exact) mass is 274 g/mol. The molecule has 5 heteroatoms. The van der Waals surface area contributed by atoms with Gasteiger partial charge < -0.3 is 5.11 Å². The van der Waals surface area contributed by atoms with E-state index in [1.807, 2.05) is 24.3 Å². The maximum Gasteiger partial charge on any atom is 0.303 e. The summed E-state index contributed by atoms with van der Waals surface area (Å²) in [5.74, 6) is 0.117. The van der Waals surface area contributed by atoms with Crippen LogP contribution in [0.2, 0.25) is 0 Å². The van der Waals surface area contributed by atoms with Gasteiger partial charge in [0.25, 0.3) is 0 Å². The van der Waals surface area contributed by atoms with Crippen molar-refractivity contribution in [2.75, 3.05) is 5.75 Å². The summed E-state index contributed by atoms with van der Waals surface area (Å²) in [5, 5.41) is 10.9. The van der Waals surface area contributed by atoms with Gasteiger partial charge in [-0.1, -0.05) is 18.2 Å². The minimum atomic E-state index is -0.703. The van der Waals surface area contributed by atoms with Crippen LogP contribution in [0.5, 0.6) is 0 Å². The highest BCUT2D eigenvalue weighted by Gasteiger charge is 2.44. The summed E-state index contributed by atoms with van der Waals surface area (Å²) in [4.78, 5) is 19.4. The SMILES string of the molecule is O=C(O)CC1(CSc2ncnc3ccccc23)CC1. The number of carbonyl (C=O) groups is 1. The third kappa shape index (κ3) is 2.71. The van der Waals surface area contributed by atoms with Gasteiger partial charge in [-0.05, 0) is 24.3 Å². The Balaban J connectivity index is 1.77. The average molecular weight is 274 g/mol. The van der Waals surface area contributed by atoms with Crippen molar-refractivity contribution >= 4 is 28.6 Å². The van der Waals surface area contributed by atoms with Gasteiger partial charge in [0.05, 0.1) is 11.9 Å². The van der Waals surface area contributed by atoms with Crippen LogP contribution in [0.3, 0.4) is 0 Å². The number of carboxylic acids is 1. The van der Waals surface area contributed by atoms with Crippen LogP contribution in [0.1, 0.15) is 19.3 Å². The summed E-state index contributed by atoms with van der Waals surface area (Å²) in [6.07, 6.45) is 3.86. The topological polar surface area (TPSA) is 63.1 Å². The molecule has 0 amide bonds. The maximum absolute atomic E-state index is 10.8. The van der Waals surface area contributed by atoms with Gasteiger partial charge in [0.15, 0.2) is 0 Å². The van der Waals surface area contributed by atoms with Crippen LogP contribution in [0.25, 0.3) is 10.9 Å². The molecule has 19 heavy (non-hydrogen) atoms. The summed E-state index contributed by atoms with van der Waals surface area (Å²) < 4.78 is 0. The molecule has 0 spiro atoms. The normalized spacial score (nSPS) is 16.4. The van der Waals surface area contributed by atoms with Crippen LogP contribution in [0.15, 0.2) is 35.6 Å². The molecule has 1 aliphatic rings. The van der Waals surface area contributed by atoms with Crippen molar-refractivity contribution in [3.8, 4) is 0 Å². The number of thioether (sulfide) groups is 1. The van der Waals surface area contributed by atoms with E-state index in [9.17, 15) is 4.79 Å². The van der Waals surface area contributed by atoms with Crippen LogP contribution in [0.4, 0.5) is 0 Å². The fourth-order valence-electron chi connectivity index (χ4n) is 2.19. The summed E-state index contributed by atoms with van der Waals surface area (Å²) in [6.45, 7) is 0. The summed E-state index contributed by atoms with van der Waals surface area (Å²) in [7, 11) is 0. The number of para-hydroxylation sites is 1. The Morgan fingerprint density at radius 3 is 2.84 bits per heavy atom. The predicted molar refractivity (Wildman–Crippen MR) is 74.2 cm³/mol. The first-order valence-electron chi connectivity index (χ1n) is 6.23. The molecule has 0 atom stereocenters. The smallest absolute Gasteiger partial charge is 0.303 e. The molecule has 0 aliphatic heterocycles. The molecule has 1 aromatic carbocycles. The van der Waals surface area contributed by atoms with Crippen molar-refractivity contribution in [2.24, 2.45) is 5.41 Å². The zero-order valence-corrected chi connectivity index (χ0v) is 11.2. The van der Waals surface area contributed by atoms with Crippen molar-refractivity contribution in [3.05, 3.63) is 30.6 Å². The highest BCUT2D eigenvalue weighted by molar-refractivity contribution is 7.99. The largest absolute Gasteiger partial charge is 0.481 e. The van der Waals surface area contributed by atoms with Gasteiger partial charge in [-0.15, -0.1) is 11.8 Å². The predicted octanol–water partition coefficient (Wildman–Crippen LogP) is 2.98. The van der Waals surface area contributed by atoms with Crippen molar-refractivity contribution in [1.29, 1.82) is 0 Å². The fraction of sp³-hybridized carbons (Fsp3) is 0.357. The minimum absolute atomic E-state index is 0.0114. The maximum atomic E-state index is 10.8. The van der Waals surface area contributed by atoms with Crippen LogP contribution >= 0.6 is 11.8 Å². The molecule has 98 valence electrons. The van der Waals surface area contributed by atoms with Gasteiger partial charge >= 0.3 is 5.97 Å². The molecule has 1 N–H and O–H groups in total. The number of aliphatic carboxylic acids is 1. The second-order valence-corrected chi connectivity index (χ2v) is 6.02. The zero-order valence-electron chi connectivity index (χ0n) is 10.4. The Labute approximate surface area is 115 Å². The van der Waals surface area contributed by atoms with Gasteiger partial charge in [-0.2, -0.15) is 0 Å². The lowest BCUT2D eigenvalue weighted by Gasteiger charge is -2.12. The average Bonchev–Trinajstić information content (AvgIpc) is 3.15. The van der Waals surface area contributed by atoms with Gasteiger partial charge in [0.1, 0.15) is 11.4 Å². The first-order valence-corrected chi connectivity index (χ1v) is 7.21. The van der Waals surface area contributed by atoms with E-state index in [2.05, 4.69) is 9.97 Å². The number of rotatable bonds is 5. The third-order valence-corrected chi connectivity index (χ3v) is 4.86. The number of hydrogen-bond acceptors (Lipinski definition) is 4. The highest BCUT2D eigenvalue weighted by atomic mass is 32.2. The van der Waals surface area contributed by atoms with Crippen molar-refractivity contribution < 1.29 is 9.90 Å². The summed E-state index contributed by atoms with van der Waals surface area (Å²) in [5.41, 5.74) is 0.922. The minimum Gasteiger partial charge on any atom is -0.481 e. The number of hydrogen-bond donors (Lipinski definition) is 1. The number of carboxylic acid groups (broad SMARTS) is 1. The van der Waals surface area contributed by atoms with Gasteiger partial charge in [-0.3, -0.25) is 4.79 Å². The molecule has 1 aliphatic carbocycles. The van der Waals surface area contributed by atoms with Crippen molar-refractivity contribution in [2.45, 2.75) is 24.3 Å². The van der Waals surface area contributed by atoms with E-state index in [-0.39, 0.29) is 11.8 Å². The molecule has 1 heterocycles. The van der Waals surface area contributed by atoms with E-state index in [1.165, 1.54) is 0 Å². The molecule has 1 aromatic heterocycles. The molecule has 1 saturated carbocycles. The molecule has 2 aromatic rings. The quantitative estimate of drug-likeness (QED) is 0.671. The van der Waals surface area contributed by atoms with Gasteiger partial charge in [-0.25, -0.2) is 9.97 Å². The number of aromatic nitrogens is 2. The molecule has 0 bridgehead atoms. The Hall–Kier alpha value is -1.62. The molecular formula is C14H14N2O2S. The fourth-order valence-corrected chi connectivity index (χ4v) is 3.47. The van der Waals surface area contributed by atoms with E-state index >= 15 is 0 Å². The van der Waals surface area contributed by atoms with E-state index < -0.39 is 5.97 Å². The highest BCUT2D eigenvalue weighted by Crippen LogP contribution is 2.52. The van der Waals surface area contributed by atoms with E-state index in [1.54, 1.807) is 18.1 Å². The first-order chi connectivity index (χ1) is 9.19.